The molecule has 0 bridgehead atoms. The summed E-state index contributed by atoms with van der Waals surface area (Å²) in [5.41, 5.74) is 0. The summed E-state index contributed by atoms with van der Waals surface area (Å²) >= 11 is 2.62. The van der Waals surface area contributed by atoms with Crippen LogP contribution in [0.15, 0.2) is 0 Å². The van der Waals surface area contributed by atoms with E-state index in [0.29, 0.717) is 0 Å². The SMILES string of the molecule is [CH3][Cr].[Mo].[V]. The number of rotatable bonds is 0. The van der Waals surface area contributed by atoms with E-state index in [1.807, 2.05) is 5.79 Å². The molecule has 0 rings (SSSR count). The van der Waals surface area contributed by atoms with Crippen LogP contribution in [-0.4, -0.2) is 0 Å². The summed E-state index contributed by atoms with van der Waals surface area (Å²) in [5.74, 6) is 1.88. The summed E-state index contributed by atoms with van der Waals surface area (Å²) < 4.78 is 0. The zero-order valence-corrected chi connectivity index (χ0v) is 6.94. The molecule has 0 fully saturated rings. The van der Waals surface area contributed by atoms with Gasteiger partial charge in [-0.1, -0.05) is 0 Å². The minimum atomic E-state index is 0. The molecule has 0 aromatic heterocycles. The van der Waals surface area contributed by atoms with E-state index >= 15 is 0 Å². The molecular weight excluding hydrogens is 211 g/mol. The van der Waals surface area contributed by atoms with E-state index in [0.717, 1.165) is 0 Å². The first-order valence-corrected chi connectivity index (χ1v) is 1.68. The summed E-state index contributed by atoms with van der Waals surface area (Å²) in [4.78, 5) is 0. The van der Waals surface area contributed by atoms with Crippen LogP contribution in [0.5, 0.6) is 0 Å². The van der Waals surface area contributed by atoms with Crippen molar-refractivity contribution in [3.8, 4) is 0 Å². The van der Waals surface area contributed by atoms with Gasteiger partial charge in [-0.05, 0) is 0 Å². The molecule has 0 aromatic rings. The van der Waals surface area contributed by atoms with Crippen LogP contribution in [0.3, 0.4) is 0 Å². The topological polar surface area (TPSA) is 0 Å². The molecule has 0 aromatic carbocycles. The normalized spacial score (nSPS) is 1.25. The average molecular weight is 214 g/mol. The zero-order chi connectivity index (χ0) is 2.00. The molecule has 0 aliphatic carbocycles. The Kier molecular flexibility index (Phi) is 90.9. The molecule has 1 radical (unpaired) electrons. The van der Waals surface area contributed by atoms with Gasteiger partial charge in [0.1, 0.15) is 0 Å². The third kappa shape index (κ3) is 9.19. The van der Waals surface area contributed by atoms with Crippen molar-refractivity contribution < 1.29 is 55.9 Å². The fourth-order valence-corrected chi connectivity index (χ4v) is 0. The Hall–Kier alpha value is 1.81. The van der Waals surface area contributed by atoms with Crippen LogP contribution in [0.25, 0.3) is 0 Å². The van der Waals surface area contributed by atoms with Crippen LogP contribution >= 0.6 is 0 Å². The second kappa shape index (κ2) is 21.4. The molecule has 0 spiro atoms. The van der Waals surface area contributed by atoms with Crippen LogP contribution in [0.4, 0.5) is 0 Å². The van der Waals surface area contributed by atoms with Gasteiger partial charge in [0, 0.05) is 39.6 Å². The van der Waals surface area contributed by atoms with Gasteiger partial charge in [0.25, 0.3) is 0 Å². The Morgan fingerprint density at radius 2 is 1.25 bits per heavy atom. The first kappa shape index (κ1) is 17.0. The Morgan fingerprint density at radius 1 is 1.25 bits per heavy atom. The Balaban J connectivity index is -0.00000000500. The van der Waals surface area contributed by atoms with E-state index in [9.17, 15) is 0 Å². The molecule has 0 amide bonds. The molecule has 0 saturated carbocycles. The first-order valence-electron chi connectivity index (χ1n) is 0.408. The van der Waals surface area contributed by atoms with Crippen molar-refractivity contribution in [2.75, 3.05) is 0 Å². The van der Waals surface area contributed by atoms with Gasteiger partial charge < -0.3 is 0 Å². The van der Waals surface area contributed by atoms with Crippen LogP contribution in [-0.2, 0) is 55.9 Å². The molecule has 0 aliphatic rings. The van der Waals surface area contributed by atoms with Crippen LogP contribution in [0.2, 0.25) is 5.79 Å². The smallest absolute Gasteiger partial charge is 0 e. The molecule has 0 saturated heterocycles. The molecular formula is CH3CrMoV. The largest absolute Gasteiger partial charge is 0 e. The van der Waals surface area contributed by atoms with Crippen LogP contribution in [0, 0.1) is 0 Å². The quantitative estimate of drug-likeness (QED) is 0.517. The summed E-state index contributed by atoms with van der Waals surface area (Å²) in [5, 5.41) is 0. The second-order valence-electron chi connectivity index (χ2n) is 0. The Morgan fingerprint density at radius 3 is 1.25 bits per heavy atom. The van der Waals surface area contributed by atoms with Gasteiger partial charge in [0.15, 0.2) is 0 Å². The van der Waals surface area contributed by atoms with E-state index in [-0.39, 0.29) is 39.6 Å². The predicted molar refractivity (Wildman–Crippen MR) is 5.86 cm³/mol. The zero-order valence-electron chi connectivity index (χ0n) is 2.26. The third-order valence-electron chi connectivity index (χ3n) is 0. The molecule has 3 heteroatoms. The maximum Gasteiger partial charge on any atom is 0 e. The molecule has 0 N–H and O–H groups in total. The molecule has 0 atom stereocenters. The van der Waals surface area contributed by atoms with Crippen molar-refractivity contribution >= 4 is 0 Å². The molecule has 0 heterocycles. The monoisotopic (exact) mass is 216 g/mol. The van der Waals surface area contributed by atoms with E-state index < -0.39 is 0 Å². The van der Waals surface area contributed by atoms with E-state index in [2.05, 4.69) is 16.3 Å². The summed E-state index contributed by atoms with van der Waals surface area (Å²) in [7, 11) is 0. The van der Waals surface area contributed by atoms with E-state index in [4.69, 9.17) is 0 Å². The third-order valence-corrected chi connectivity index (χ3v) is 0. The minimum Gasteiger partial charge on any atom is 0 e. The van der Waals surface area contributed by atoms with Gasteiger partial charge >= 0.3 is 22.1 Å². The first-order chi connectivity index (χ1) is 1.00. The second-order valence-corrected chi connectivity index (χ2v) is 0. The minimum absolute atomic E-state index is 0. The fourth-order valence-electron chi connectivity index (χ4n) is 0. The summed E-state index contributed by atoms with van der Waals surface area (Å²) in [6.45, 7) is 0. The molecule has 0 nitrogen and oxygen atoms in total. The van der Waals surface area contributed by atoms with Crippen molar-refractivity contribution in [2.24, 2.45) is 0 Å². The van der Waals surface area contributed by atoms with Crippen molar-refractivity contribution in [3.05, 3.63) is 0 Å². The fraction of sp³-hybridized carbons (Fsp3) is 1.00. The van der Waals surface area contributed by atoms with Crippen molar-refractivity contribution in [2.45, 2.75) is 5.79 Å². The van der Waals surface area contributed by atoms with Gasteiger partial charge in [0.2, 0.25) is 0 Å². The number of hydrogen-bond acceptors (Lipinski definition) is 0. The van der Waals surface area contributed by atoms with Gasteiger partial charge in [-0.25, -0.2) is 0 Å². The van der Waals surface area contributed by atoms with Crippen LogP contribution in [0.1, 0.15) is 0 Å². The van der Waals surface area contributed by atoms with Crippen molar-refractivity contribution in [1.82, 2.24) is 0 Å². The Bertz CT molecular complexity index is 8.00. The number of hydrogen-bond donors (Lipinski definition) is 0. The maximum absolute atomic E-state index is 2.62. The van der Waals surface area contributed by atoms with E-state index in [1.54, 1.807) is 0 Å². The Labute approximate surface area is 61.3 Å². The molecule has 4 heavy (non-hydrogen) atoms. The summed E-state index contributed by atoms with van der Waals surface area (Å²) in [6, 6.07) is 0. The van der Waals surface area contributed by atoms with Crippen molar-refractivity contribution in [1.29, 1.82) is 0 Å². The maximum atomic E-state index is 2.62. The predicted octanol–water partition coefficient (Wildman–Crippen LogP) is 0.576. The molecule has 24 valence electrons. The average Bonchev–Trinajstić information content (AvgIpc) is 1.00. The molecule has 0 unspecified atom stereocenters. The molecule has 0 aliphatic heterocycles. The summed E-state index contributed by atoms with van der Waals surface area (Å²) in [6.07, 6.45) is 0. The van der Waals surface area contributed by atoms with Gasteiger partial charge in [-0.2, -0.15) is 0 Å². The van der Waals surface area contributed by atoms with E-state index in [1.165, 1.54) is 0 Å². The standard InChI is InChI=1S/CH3.Cr.Mo.V/h1H3;;;. The van der Waals surface area contributed by atoms with Gasteiger partial charge in [0.05, 0.1) is 0 Å². The van der Waals surface area contributed by atoms with Crippen LogP contribution < -0.4 is 0 Å². The van der Waals surface area contributed by atoms with Gasteiger partial charge in [-0.3, -0.25) is 0 Å². The van der Waals surface area contributed by atoms with Gasteiger partial charge in [-0.15, -0.1) is 0 Å². The van der Waals surface area contributed by atoms with Crippen molar-refractivity contribution in [3.63, 3.8) is 0 Å².